The number of rotatable bonds is 9. The Morgan fingerprint density at radius 3 is 2.53 bits per heavy atom. The maximum absolute atomic E-state index is 12.4. The van der Waals surface area contributed by atoms with Crippen molar-refractivity contribution in [2.75, 3.05) is 5.32 Å². The summed E-state index contributed by atoms with van der Waals surface area (Å²) in [7, 11) is -3.71. The zero-order chi connectivity index (χ0) is 22.6. The Labute approximate surface area is 183 Å². The second kappa shape index (κ2) is 9.25. The average molecular weight is 455 g/mol. The number of carbonyl (C=O) groups is 1. The summed E-state index contributed by atoms with van der Waals surface area (Å²) in [4.78, 5) is 24.3. The van der Waals surface area contributed by atoms with Crippen molar-refractivity contribution in [3.63, 3.8) is 0 Å². The second-order valence-corrected chi connectivity index (χ2v) is 8.83. The van der Waals surface area contributed by atoms with Crippen LogP contribution in [0.25, 0.3) is 11.1 Å². The van der Waals surface area contributed by atoms with E-state index >= 15 is 0 Å². The molecule has 2 heterocycles. The molecule has 32 heavy (non-hydrogen) atoms. The van der Waals surface area contributed by atoms with Crippen molar-refractivity contribution >= 4 is 32.7 Å². The second-order valence-electron chi connectivity index (χ2n) is 7.07. The van der Waals surface area contributed by atoms with Gasteiger partial charge in [0.1, 0.15) is 5.76 Å². The molecule has 0 saturated heterocycles. The van der Waals surface area contributed by atoms with E-state index < -0.39 is 15.8 Å². The zero-order valence-corrected chi connectivity index (χ0v) is 17.8. The number of para-hydroxylation sites is 2. The number of aromatic nitrogens is 1. The number of nitrogens with one attached hydrogen (secondary N) is 2. The summed E-state index contributed by atoms with van der Waals surface area (Å²) < 4.78 is 39.0. The van der Waals surface area contributed by atoms with E-state index in [1.807, 2.05) is 6.07 Å². The SMILES string of the molecule is O=C(CCCn1c(=O)oc2ccccc21)Nc1ccc(S(=O)(=O)NCc2ccco2)cc1. The lowest BCUT2D eigenvalue weighted by molar-refractivity contribution is -0.116. The average Bonchev–Trinajstić information content (AvgIpc) is 3.41. The van der Waals surface area contributed by atoms with Crippen molar-refractivity contribution in [3.05, 3.63) is 83.2 Å². The quantitative estimate of drug-likeness (QED) is 0.400. The lowest BCUT2D eigenvalue weighted by atomic mass is 10.2. The van der Waals surface area contributed by atoms with Crippen LogP contribution < -0.4 is 15.8 Å². The highest BCUT2D eigenvalue weighted by Crippen LogP contribution is 2.16. The molecule has 0 unspecified atom stereocenters. The van der Waals surface area contributed by atoms with Crippen LogP contribution in [0.5, 0.6) is 0 Å². The lowest BCUT2D eigenvalue weighted by Crippen LogP contribution is -2.23. The van der Waals surface area contributed by atoms with Gasteiger partial charge in [-0.05, 0) is 55.0 Å². The number of hydrogen-bond acceptors (Lipinski definition) is 6. The topological polar surface area (TPSA) is 124 Å². The first-order valence-electron chi connectivity index (χ1n) is 9.93. The molecule has 4 rings (SSSR count). The molecular formula is C22H21N3O6S. The van der Waals surface area contributed by atoms with E-state index in [-0.39, 0.29) is 23.8 Å². The first-order chi connectivity index (χ1) is 15.4. The smallest absolute Gasteiger partial charge is 0.419 e. The molecule has 2 N–H and O–H groups in total. The van der Waals surface area contributed by atoms with Crippen molar-refractivity contribution in [2.24, 2.45) is 0 Å². The molecule has 2 aromatic carbocycles. The van der Waals surface area contributed by atoms with Crippen LogP contribution in [0.1, 0.15) is 18.6 Å². The lowest BCUT2D eigenvalue weighted by Gasteiger charge is -2.08. The Kier molecular flexibility index (Phi) is 6.24. The normalized spacial score (nSPS) is 11.6. The van der Waals surface area contributed by atoms with Crippen LogP contribution in [0.2, 0.25) is 0 Å². The van der Waals surface area contributed by atoms with Crippen LogP contribution in [-0.2, 0) is 27.9 Å². The third-order valence-electron chi connectivity index (χ3n) is 4.82. The van der Waals surface area contributed by atoms with E-state index in [9.17, 15) is 18.0 Å². The highest BCUT2D eigenvalue weighted by atomic mass is 32.2. The number of sulfonamides is 1. The van der Waals surface area contributed by atoms with Crippen molar-refractivity contribution in [1.29, 1.82) is 0 Å². The van der Waals surface area contributed by atoms with Gasteiger partial charge in [0.15, 0.2) is 5.58 Å². The van der Waals surface area contributed by atoms with Gasteiger partial charge in [0.25, 0.3) is 0 Å². The van der Waals surface area contributed by atoms with Gasteiger partial charge in [0, 0.05) is 18.7 Å². The van der Waals surface area contributed by atoms with Crippen LogP contribution in [0, 0.1) is 0 Å². The van der Waals surface area contributed by atoms with Gasteiger partial charge in [0.2, 0.25) is 15.9 Å². The van der Waals surface area contributed by atoms with Crippen LogP contribution in [0.3, 0.4) is 0 Å². The van der Waals surface area contributed by atoms with E-state index in [1.54, 1.807) is 30.3 Å². The van der Waals surface area contributed by atoms with Gasteiger partial charge in [-0.15, -0.1) is 0 Å². The Balaban J connectivity index is 1.30. The maximum Gasteiger partial charge on any atom is 0.419 e. The van der Waals surface area contributed by atoms with Gasteiger partial charge in [-0.1, -0.05) is 12.1 Å². The van der Waals surface area contributed by atoms with Crippen LogP contribution >= 0.6 is 0 Å². The van der Waals surface area contributed by atoms with Gasteiger partial charge in [-0.2, -0.15) is 0 Å². The summed E-state index contributed by atoms with van der Waals surface area (Å²) in [5.74, 6) is -0.190. The number of furan rings is 1. The highest BCUT2D eigenvalue weighted by Gasteiger charge is 2.15. The molecule has 2 aromatic heterocycles. The molecule has 4 aromatic rings. The number of aryl methyl sites for hydroxylation is 1. The van der Waals surface area contributed by atoms with E-state index in [1.165, 1.54) is 35.1 Å². The molecule has 0 aliphatic rings. The molecule has 0 aliphatic heterocycles. The molecule has 0 aliphatic carbocycles. The van der Waals surface area contributed by atoms with Gasteiger partial charge in [-0.3, -0.25) is 9.36 Å². The number of fused-ring (bicyclic) bond motifs is 1. The van der Waals surface area contributed by atoms with Crippen LogP contribution in [-0.4, -0.2) is 18.9 Å². The predicted molar refractivity (Wildman–Crippen MR) is 118 cm³/mol. The monoisotopic (exact) mass is 455 g/mol. The molecular weight excluding hydrogens is 434 g/mol. The van der Waals surface area contributed by atoms with Gasteiger partial charge in [0.05, 0.1) is 23.2 Å². The molecule has 0 saturated carbocycles. The summed E-state index contributed by atoms with van der Waals surface area (Å²) in [6.45, 7) is 0.393. The molecule has 9 nitrogen and oxygen atoms in total. The Bertz CT molecular complexity index is 1370. The zero-order valence-electron chi connectivity index (χ0n) is 17.0. The molecule has 0 fully saturated rings. The molecule has 10 heteroatoms. The third kappa shape index (κ3) is 4.98. The van der Waals surface area contributed by atoms with Crippen molar-refractivity contribution in [3.8, 4) is 0 Å². The molecule has 166 valence electrons. The minimum atomic E-state index is -3.71. The molecule has 0 radical (unpaired) electrons. The largest absolute Gasteiger partial charge is 0.468 e. The number of anilines is 1. The Morgan fingerprint density at radius 2 is 1.78 bits per heavy atom. The number of oxazole rings is 1. The standard InChI is InChI=1S/C22H21N3O6S/c26-21(8-3-13-25-19-6-1-2-7-20(19)31-22(25)27)24-16-9-11-18(12-10-16)32(28,29)23-15-17-5-4-14-30-17/h1-2,4-7,9-12,14,23H,3,8,13,15H2,(H,24,26). The highest BCUT2D eigenvalue weighted by molar-refractivity contribution is 7.89. The number of nitrogens with zero attached hydrogens (tertiary/aromatic N) is 1. The molecule has 0 spiro atoms. The maximum atomic E-state index is 12.4. The fourth-order valence-corrected chi connectivity index (χ4v) is 4.22. The van der Waals surface area contributed by atoms with Crippen LogP contribution in [0.15, 0.2) is 85.5 Å². The van der Waals surface area contributed by atoms with Gasteiger partial charge < -0.3 is 14.2 Å². The fraction of sp³-hybridized carbons (Fsp3) is 0.182. The molecule has 1 amide bonds. The Morgan fingerprint density at radius 1 is 1.00 bits per heavy atom. The number of amides is 1. The third-order valence-corrected chi connectivity index (χ3v) is 6.24. The number of benzene rings is 2. The molecule has 0 atom stereocenters. The minimum absolute atomic E-state index is 0.0445. The van der Waals surface area contributed by atoms with Gasteiger partial charge >= 0.3 is 5.76 Å². The Hall–Kier alpha value is -3.63. The molecule has 0 bridgehead atoms. The van der Waals surface area contributed by atoms with Crippen molar-refractivity contribution in [2.45, 2.75) is 30.8 Å². The van der Waals surface area contributed by atoms with E-state index in [0.717, 1.165) is 0 Å². The summed E-state index contributed by atoms with van der Waals surface area (Å²) in [5, 5.41) is 2.73. The summed E-state index contributed by atoms with van der Waals surface area (Å²) >= 11 is 0. The number of hydrogen-bond donors (Lipinski definition) is 2. The minimum Gasteiger partial charge on any atom is -0.468 e. The van der Waals surface area contributed by atoms with Gasteiger partial charge in [-0.25, -0.2) is 17.9 Å². The van der Waals surface area contributed by atoms with E-state index in [2.05, 4.69) is 10.0 Å². The first-order valence-corrected chi connectivity index (χ1v) is 11.4. The predicted octanol–water partition coefficient (Wildman–Crippen LogP) is 3.08. The van der Waals surface area contributed by atoms with E-state index in [0.29, 0.717) is 35.5 Å². The summed E-state index contributed by atoms with van der Waals surface area (Å²) in [6.07, 6.45) is 2.10. The summed E-state index contributed by atoms with van der Waals surface area (Å²) in [5.41, 5.74) is 1.68. The first kappa shape index (κ1) is 21.6. The van der Waals surface area contributed by atoms with Crippen molar-refractivity contribution < 1.29 is 22.0 Å². The fourth-order valence-electron chi connectivity index (χ4n) is 3.23. The van der Waals surface area contributed by atoms with E-state index in [4.69, 9.17) is 8.83 Å². The van der Waals surface area contributed by atoms with Crippen LogP contribution in [0.4, 0.5) is 5.69 Å². The summed E-state index contributed by atoms with van der Waals surface area (Å²) in [6, 6.07) is 16.3. The number of carbonyl (C=O) groups excluding carboxylic acids is 1. The van der Waals surface area contributed by atoms with Crippen molar-refractivity contribution in [1.82, 2.24) is 9.29 Å².